The number of fused-ring (bicyclic) bond motifs is 1. The summed E-state index contributed by atoms with van der Waals surface area (Å²) in [5.74, 6) is 3.03. The number of carbonyl (C=O) groups is 1. The maximum absolute atomic E-state index is 12.2. The fourth-order valence-corrected chi connectivity index (χ4v) is 2.78. The Labute approximate surface area is 159 Å². The highest BCUT2D eigenvalue weighted by atomic mass is 16.6. The molecule has 0 bridgehead atoms. The van der Waals surface area contributed by atoms with Crippen molar-refractivity contribution in [2.45, 2.75) is 25.8 Å². The first kappa shape index (κ1) is 18.9. The second-order valence-electron chi connectivity index (χ2n) is 6.43. The van der Waals surface area contributed by atoms with Gasteiger partial charge in [-0.2, -0.15) is 0 Å². The number of methoxy groups -OCH3 is 1. The molecule has 2 aromatic rings. The summed E-state index contributed by atoms with van der Waals surface area (Å²) in [4.78, 5) is 12.2. The third kappa shape index (κ3) is 5.54. The van der Waals surface area contributed by atoms with Gasteiger partial charge in [-0.3, -0.25) is 4.79 Å². The number of nitrogens with one attached hydrogen (secondary N) is 1. The maximum atomic E-state index is 12.2. The summed E-state index contributed by atoms with van der Waals surface area (Å²) in [6.07, 6.45) is 1.06. The number of hydrogen-bond donors (Lipinski definition) is 1. The molecule has 0 radical (unpaired) electrons. The van der Waals surface area contributed by atoms with Crippen LogP contribution in [0.2, 0.25) is 0 Å². The zero-order valence-electron chi connectivity index (χ0n) is 15.7. The van der Waals surface area contributed by atoms with E-state index in [9.17, 15) is 4.79 Å². The van der Waals surface area contributed by atoms with Gasteiger partial charge >= 0.3 is 0 Å². The molecule has 1 aliphatic rings. The molecule has 1 N–H and O–H groups in total. The van der Waals surface area contributed by atoms with E-state index in [1.807, 2.05) is 49.4 Å². The van der Waals surface area contributed by atoms with Gasteiger partial charge in [0, 0.05) is 6.42 Å². The van der Waals surface area contributed by atoms with E-state index in [4.69, 9.17) is 18.9 Å². The van der Waals surface area contributed by atoms with Crippen LogP contribution < -0.4 is 24.3 Å². The predicted molar refractivity (Wildman–Crippen MR) is 102 cm³/mol. The number of benzene rings is 2. The van der Waals surface area contributed by atoms with Crippen LogP contribution in [0.1, 0.15) is 18.9 Å². The lowest BCUT2D eigenvalue weighted by Gasteiger charge is -2.19. The Morgan fingerprint density at radius 3 is 2.52 bits per heavy atom. The lowest BCUT2D eigenvalue weighted by Crippen LogP contribution is -2.36. The first-order chi connectivity index (χ1) is 13.1. The van der Waals surface area contributed by atoms with E-state index in [1.165, 1.54) is 0 Å². The largest absolute Gasteiger partial charge is 0.497 e. The van der Waals surface area contributed by atoms with Gasteiger partial charge < -0.3 is 24.3 Å². The average molecular weight is 371 g/mol. The van der Waals surface area contributed by atoms with Crippen LogP contribution in [-0.4, -0.2) is 38.9 Å². The van der Waals surface area contributed by atoms with Crippen LogP contribution >= 0.6 is 0 Å². The molecule has 1 amide bonds. The molecule has 0 fully saturated rings. The molecule has 0 unspecified atom stereocenters. The molecular formula is C21H25NO5. The summed E-state index contributed by atoms with van der Waals surface area (Å²) in [6, 6.07) is 13.1. The third-order valence-corrected chi connectivity index (χ3v) is 4.21. The van der Waals surface area contributed by atoms with E-state index >= 15 is 0 Å². The van der Waals surface area contributed by atoms with E-state index in [2.05, 4.69) is 5.32 Å². The van der Waals surface area contributed by atoms with Crippen LogP contribution in [0.25, 0.3) is 0 Å². The van der Waals surface area contributed by atoms with Crippen molar-refractivity contribution in [2.24, 2.45) is 0 Å². The first-order valence-corrected chi connectivity index (χ1v) is 9.09. The summed E-state index contributed by atoms with van der Waals surface area (Å²) in [5.41, 5.74) is 1.05. The molecule has 6 heteroatoms. The predicted octanol–water partition coefficient (Wildman–Crippen LogP) is 2.98. The minimum absolute atomic E-state index is 0.00396. The molecule has 0 spiro atoms. The highest BCUT2D eigenvalue weighted by Gasteiger charge is 2.13. The molecule has 2 aromatic carbocycles. The van der Waals surface area contributed by atoms with E-state index in [-0.39, 0.29) is 11.9 Å². The monoisotopic (exact) mass is 371 g/mol. The van der Waals surface area contributed by atoms with Crippen molar-refractivity contribution < 1.29 is 23.7 Å². The van der Waals surface area contributed by atoms with Gasteiger partial charge in [0.1, 0.15) is 31.3 Å². The van der Waals surface area contributed by atoms with Crippen LogP contribution in [0.15, 0.2) is 42.5 Å². The van der Waals surface area contributed by atoms with E-state index in [0.29, 0.717) is 32.7 Å². The van der Waals surface area contributed by atoms with E-state index in [0.717, 1.165) is 28.6 Å². The van der Waals surface area contributed by atoms with Crippen molar-refractivity contribution in [2.75, 3.05) is 26.9 Å². The highest BCUT2D eigenvalue weighted by Crippen LogP contribution is 2.31. The van der Waals surface area contributed by atoms with Gasteiger partial charge in [0.2, 0.25) is 5.91 Å². The zero-order chi connectivity index (χ0) is 19.1. The molecule has 1 atom stereocenters. The Balaban J connectivity index is 1.40. The SMILES string of the molecule is COc1ccc(OC[C@H](C)NC(=O)CCc2ccc3c(c2)OCCO3)cc1. The summed E-state index contributed by atoms with van der Waals surface area (Å²) in [5, 5.41) is 2.96. The van der Waals surface area contributed by atoms with Crippen molar-refractivity contribution >= 4 is 5.91 Å². The summed E-state index contributed by atoms with van der Waals surface area (Å²) in [7, 11) is 1.62. The minimum atomic E-state index is -0.0835. The van der Waals surface area contributed by atoms with Crippen molar-refractivity contribution in [3.8, 4) is 23.0 Å². The lowest BCUT2D eigenvalue weighted by molar-refractivity contribution is -0.121. The van der Waals surface area contributed by atoms with Crippen molar-refractivity contribution in [3.63, 3.8) is 0 Å². The number of hydrogen-bond acceptors (Lipinski definition) is 5. The van der Waals surface area contributed by atoms with Crippen LogP contribution in [0.4, 0.5) is 0 Å². The standard InChI is InChI=1S/C21H25NO5/c1-15(14-27-18-7-5-17(24-2)6-8-18)22-21(23)10-4-16-3-9-19-20(13-16)26-12-11-25-19/h3,5-9,13,15H,4,10-12,14H2,1-2H3,(H,22,23)/t15-/m0/s1. The van der Waals surface area contributed by atoms with Gasteiger partial charge in [-0.15, -0.1) is 0 Å². The van der Waals surface area contributed by atoms with Gasteiger partial charge in [-0.25, -0.2) is 0 Å². The topological polar surface area (TPSA) is 66.0 Å². The zero-order valence-corrected chi connectivity index (χ0v) is 15.7. The number of rotatable bonds is 8. The molecule has 1 aliphatic heterocycles. The van der Waals surface area contributed by atoms with E-state index < -0.39 is 0 Å². The molecule has 0 saturated heterocycles. The summed E-state index contributed by atoms with van der Waals surface area (Å²) in [6.45, 7) is 3.46. The summed E-state index contributed by atoms with van der Waals surface area (Å²) < 4.78 is 21.9. The fourth-order valence-electron chi connectivity index (χ4n) is 2.78. The van der Waals surface area contributed by atoms with Crippen LogP contribution in [0.5, 0.6) is 23.0 Å². The maximum Gasteiger partial charge on any atom is 0.220 e. The molecule has 0 saturated carbocycles. The molecule has 6 nitrogen and oxygen atoms in total. The summed E-state index contributed by atoms with van der Waals surface area (Å²) >= 11 is 0. The number of amides is 1. The Hall–Kier alpha value is -2.89. The fraction of sp³-hybridized carbons (Fsp3) is 0.381. The van der Waals surface area contributed by atoms with Crippen LogP contribution in [-0.2, 0) is 11.2 Å². The van der Waals surface area contributed by atoms with Gasteiger partial charge in [-0.05, 0) is 55.3 Å². The Morgan fingerprint density at radius 1 is 1.07 bits per heavy atom. The van der Waals surface area contributed by atoms with Crippen molar-refractivity contribution in [1.82, 2.24) is 5.32 Å². The Kier molecular flexibility index (Phi) is 6.41. The molecule has 3 rings (SSSR count). The molecular weight excluding hydrogens is 346 g/mol. The average Bonchev–Trinajstić information content (AvgIpc) is 2.71. The molecule has 0 aromatic heterocycles. The number of carbonyl (C=O) groups excluding carboxylic acids is 1. The second kappa shape index (κ2) is 9.16. The van der Waals surface area contributed by atoms with Crippen molar-refractivity contribution in [3.05, 3.63) is 48.0 Å². The first-order valence-electron chi connectivity index (χ1n) is 9.09. The second-order valence-corrected chi connectivity index (χ2v) is 6.43. The smallest absolute Gasteiger partial charge is 0.220 e. The third-order valence-electron chi connectivity index (χ3n) is 4.21. The molecule has 144 valence electrons. The van der Waals surface area contributed by atoms with E-state index in [1.54, 1.807) is 7.11 Å². The highest BCUT2D eigenvalue weighted by molar-refractivity contribution is 5.76. The van der Waals surface area contributed by atoms with Crippen LogP contribution in [0.3, 0.4) is 0 Å². The van der Waals surface area contributed by atoms with Gasteiger partial charge in [0.25, 0.3) is 0 Å². The Morgan fingerprint density at radius 2 is 1.78 bits per heavy atom. The van der Waals surface area contributed by atoms with Gasteiger partial charge in [0.05, 0.1) is 13.2 Å². The minimum Gasteiger partial charge on any atom is -0.497 e. The molecule has 27 heavy (non-hydrogen) atoms. The van der Waals surface area contributed by atoms with Gasteiger partial charge in [-0.1, -0.05) is 6.07 Å². The van der Waals surface area contributed by atoms with Crippen molar-refractivity contribution in [1.29, 1.82) is 0 Å². The molecule has 0 aliphatic carbocycles. The quantitative estimate of drug-likeness (QED) is 0.773. The number of aryl methyl sites for hydroxylation is 1. The number of ether oxygens (including phenoxy) is 4. The van der Waals surface area contributed by atoms with Crippen LogP contribution in [0, 0.1) is 0 Å². The molecule has 1 heterocycles. The normalized spacial score (nSPS) is 13.6. The Bertz CT molecular complexity index is 760. The lowest BCUT2D eigenvalue weighted by atomic mass is 10.1. The van der Waals surface area contributed by atoms with Gasteiger partial charge in [0.15, 0.2) is 11.5 Å².